The summed E-state index contributed by atoms with van der Waals surface area (Å²) in [6.07, 6.45) is 0.875. The second kappa shape index (κ2) is 9.03. The van der Waals surface area contributed by atoms with E-state index in [4.69, 9.17) is 11.6 Å². The van der Waals surface area contributed by atoms with Crippen LogP contribution >= 0.6 is 11.6 Å². The zero-order valence-electron chi connectivity index (χ0n) is 13.7. The maximum absolute atomic E-state index is 13.1. The molecule has 0 unspecified atom stereocenters. The monoisotopic (exact) mass is 363 g/mol. The van der Waals surface area contributed by atoms with Crippen molar-refractivity contribution in [2.75, 3.05) is 23.7 Å². The Morgan fingerprint density at radius 1 is 1.08 bits per heavy atom. The van der Waals surface area contributed by atoms with E-state index in [9.17, 15) is 14.0 Å². The van der Waals surface area contributed by atoms with E-state index >= 15 is 0 Å². The van der Waals surface area contributed by atoms with Crippen LogP contribution in [0.15, 0.2) is 42.5 Å². The van der Waals surface area contributed by atoms with Crippen LogP contribution in [0.3, 0.4) is 0 Å². The van der Waals surface area contributed by atoms with E-state index in [1.54, 1.807) is 24.3 Å². The summed E-state index contributed by atoms with van der Waals surface area (Å²) in [4.78, 5) is 23.7. The van der Waals surface area contributed by atoms with Gasteiger partial charge >= 0.3 is 0 Å². The van der Waals surface area contributed by atoms with Crippen molar-refractivity contribution in [1.29, 1.82) is 0 Å². The predicted octanol–water partition coefficient (Wildman–Crippen LogP) is 3.67. The predicted molar refractivity (Wildman–Crippen MR) is 97.6 cm³/mol. The molecule has 7 heteroatoms. The summed E-state index contributed by atoms with van der Waals surface area (Å²) >= 11 is 5.67. The molecule has 0 saturated carbocycles. The molecule has 0 aliphatic rings. The first-order chi connectivity index (χ1) is 12.0. The van der Waals surface area contributed by atoms with Crippen molar-refractivity contribution in [2.24, 2.45) is 0 Å². The first-order valence-corrected chi connectivity index (χ1v) is 8.24. The average Bonchev–Trinajstić information content (AvgIpc) is 2.61. The highest BCUT2D eigenvalue weighted by Crippen LogP contribution is 2.19. The molecule has 0 atom stereocenters. The van der Waals surface area contributed by atoms with E-state index in [2.05, 4.69) is 16.0 Å². The number of benzene rings is 2. The number of carbonyl (C=O) groups excluding carboxylic acids is 2. The van der Waals surface area contributed by atoms with Gasteiger partial charge in [-0.2, -0.15) is 0 Å². The van der Waals surface area contributed by atoms with Crippen LogP contribution in [0.2, 0.25) is 5.02 Å². The summed E-state index contributed by atoms with van der Waals surface area (Å²) in [5.41, 5.74) is 1.69. The fourth-order valence-electron chi connectivity index (χ4n) is 2.04. The maximum atomic E-state index is 13.1. The average molecular weight is 364 g/mol. The summed E-state index contributed by atoms with van der Waals surface area (Å²) in [5, 5.41) is 8.31. The Bertz CT molecular complexity index is 750. The first-order valence-electron chi connectivity index (χ1n) is 7.86. The Morgan fingerprint density at radius 2 is 1.76 bits per heavy atom. The summed E-state index contributed by atoms with van der Waals surface area (Å²) in [6.45, 7) is 2.64. The second-order valence-electron chi connectivity index (χ2n) is 5.36. The lowest BCUT2D eigenvalue weighted by molar-refractivity contribution is -0.114. The van der Waals surface area contributed by atoms with Crippen molar-refractivity contribution in [1.82, 2.24) is 5.32 Å². The summed E-state index contributed by atoms with van der Waals surface area (Å²) in [6, 6.07) is 10.8. The van der Waals surface area contributed by atoms with Gasteiger partial charge in [0.25, 0.3) is 5.91 Å². The number of rotatable bonds is 7. The van der Waals surface area contributed by atoms with Gasteiger partial charge in [-0.05, 0) is 48.9 Å². The topological polar surface area (TPSA) is 70.2 Å². The van der Waals surface area contributed by atoms with Gasteiger partial charge in [-0.3, -0.25) is 9.59 Å². The van der Waals surface area contributed by atoms with Gasteiger partial charge in [-0.15, -0.1) is 0 Å². The molecule has 2 aromatic rings. The molecule has 0 bridgehead atoms. The molecule has 0 aromatic heterocycles. The molecule has 0 saturated heterocycles. The van der Waals surface area contributed by atoms with Crippen molar-refractivity contribution >= 4 is 34.8 Å². The molecule has 25 heavy (non-hydrogen) atoms. The summed E-state index contributed by atoms with van der Waals surface area (Å²) < 4.78 is 13.1. The molecule has 0 spiro atoms. The quantitative estimate of drug-likeness (QED) is 0.703. The van der Waals surface area contributed by atoms with E-state index in [1.807, 2.05) is 6.92 Å². The van der Waals surface area contributed by atoms with Crippen molar-refractivity contribution in [3.05, 3.63) is 58.9 Å². The van der Waals surface area contributed by atoms with Crippen LogP contribution in [0, 0.1) is 5.82 Å². The Labute approximate surface area is 150 Å². The SMILES string of the molecule is CCCNC(=O)c1ccc(NCC(=O)Nc2ccc(F)c(Cl)c2)cc1. The second-order valence-corrected chi connectivity index (χ2v) is 5.77. The minimum Gasteiger partial charge on any atom is -0.376 e. The molecule has 2 aromatic carbocycles. The fraction of sp³-hybridized carbons (Fsp3) is 0.222. The van der Waals surface area contributed by atoms with Gasteiger partial charge in [0, 0.05) is 23.5 Å². The summed E-state index contributed by atoms with van der Waals surface area (Å²) in [5.74, 6) is -0.965. The lowest BCUT2D eigenvalue weighted by Crippen LogP contribution is -2.24. The van der Waals surface area contributed by atoms with Gasteiger partial charge < -0.3 is 16.0 Å². The normalized spacial score (nSPS) is 10.2. The molecule has 0 aliphatic heterocycles. The zero-order chi connectivity index (χ0) is 18.2. The molecule has 2 amide bonds. The van der Waals surface area contributed by atoms with E-state index in [0.717, 1.165) is 6.42 Å². The number of amides is 2. The third kappa shape index (κ3) is 5.76. The van der Waals surface area contributed by atoms with Crippen LogP contribution < -0.4 is 16.0 Å². The molecule has 3 N–H and O–H groups in total. The standard InChI is InChI=1S/C18H19ClFN3O2/c1-2-9-21-18(25)12-3-5-13(6-4-12)22-11-17(24)23-14-7-8-16(20)15(19)10-14/h3-8,10,22H,2,9,11H2,1H3,(H,21,25)(H,23,24). The molecular formula is C18H19ClFN3O2. The van der Waals surface area contributed by atoms with Gasteiger partial charge in [0.05, 0.1) is 11.6 Å². The van der Waals surface area contributed by atoms with E-state index in [-0.39, 0.29) is 23.4 Å². The largest absolute Gasteiger partial charge is 0.376 e. The van der Waals surface area contributed by atoms with Crippen molar-refractivity contribution in [2.45, 2.75) is 13.3 Å². The van der Waals surface area contributed by atoms with Crippen molar-refractivity contribution in [3.63, 3.8) is 0 Å². The zero-order valence-corrected chi connectivity index (χ0v) is 14.5. The smallest absolute Gasteiger partial charge is 0.251 e. The van der Waals surface area contributed by atoms with Crippen molar-refractivity contribution in [3.8, 4) is 0 Å². The number of carbonyl (C=O) groups is 2. The summed E-state index contributed by atoms with van der Waals surface area (Å²) in [7, 11) is 0. The molecule has 0 heterocycles. The van der Waals surface area contributed by atoms with Crippen LogP contribution in [0.5, 0.6) is 0 Å². The molecule has 0 fully saturated rings. The van der Waals surface area contributed by atoms with E-state index < -0.39 is 5.82 Å². The van der Waals surface area contributed by atoms with Crippen LogP contribution in [0.1, 0.15) is 23.7 Å². The minimum atomic E-state index is -0.541. The molecular weight excluding hydrogens is 345 g/mol. The fourth-order valence-corrected chi connectivity index (χ4v) is 2.22. The number of hydrogen-bond acceptors (Lipinski definition) is 3. The van der Waals surface area contributed by atoms with Gasteiger partial charge in [0.2, 0.25) is 5.91 Å². The number of anilines is 2. The first kappa shape index (κ1) is 18.7. The van der Waals surface area contributed by atoms with E-state index in [1.165, 1.54) is 18.2 Å². The third-order valence-electron chi connectivity index (χ3n) is 3.34. The highest BCUT2D eigenvalue weighted by atomic mass is 35.5. The Hall–Kier alpha value is -2.60. The Balaban J connectivity index is 1.85. The minimum absolute atomic E-state index is 0.0242. The molecule has 5 nitrogen and oxygen atoms in total. The van der Waals surface area contributed by atoms with Gasteiger partial charge in [-0.25, -0.2) is 4.39 Å². The van der Waals surface area contributed by atoms with E-state index in [0.29, 0.717) is 23.5 Å². The van der Waals surface area contributed by atoms with Crippen LogP contribution in [0.4, 0.5) is 15.8 Å². The molecule has 132 valence electrons. The maximum Gasteiger partial charge on any atom is 0.251 e. The molecule has 0 aliphatic carbocycles. The van der Waals surface area contributed by atoms with Crippen LogP contribution in [-0.4, -0.2) is 24.9 Å². The lowest BCUT2D eigenvalue weighted by atomic mass is 10.2. The van der Waals surface area contributed by atoms with Crippen molar-refractivity contribution < 1.29 is 14.0 Å². The molecule has 2 rings (SSSR count). The third-order valence-corrected chi connectivity index (χ3v) is 3.63. The highest BCUT2D eigenvalue weighted by Gasteiger charge is 2.07. The Morgan fingerprint density at radius 3 is 2.40 bits per heavy atom. The number of nitrogens with one attached hydrogen (secondary N) is 3. The van der Waals surface area contributed by atoms with Gasteiger partial charge in [0.1, 0.15) is 5.82 Å². The Kier molecular flexibility index (Phi) is 6.77. The number of halogens is 2. The number of hydrogen-bond donors (Lipinski definition) is 3. The lowest BCUT2D eigenvalue weighted by Gasteiger charge is -2.09. The highest BCUT2D eigenvalue weighted by molar-refractivity contribution is 6.31. The van der Waals surface area contributed by atoms with Gasteiger partial charge in [0.15, 0.2) is 0 Å². The molecule has 0 radical (unpaired) electrons. The van der Waals surface area contributed by atoms with Crippen LogP contribution in [-0.2, 0) is 4.79 Å². The van der Waals surface area contributed by atoms with Crippen LogP contribution in [0.25, 0.3) is 0 Å². The van der Waals surface area contributed by atoms with Gasteiger partial charge in [-0.1, -0.05) is 18.5 Å².